The van der Waals surface area contributed by atoms with Crippen LogP contribution in [0.5, 0.6) is 0 Å². The molecule has 0 N–H and O–H groups in total. The Bertz CT molecular complexity index is 824. The molecule has 0 aliphatic rings. The summed E-state index contributed by atoms with van der Waals surface area (Å²) in [4.78, 5) is 6.35. The predicted molar refractivity (Wildman–Crippen MR) is 100 cm³/mol. The first-order valence-corrected chi connectivity index (χ1v) is 10.4. The van der Waals surface area contributed by atoms with Crippen LogP contribution in [0.15, 0.2) is 53.4 Å². The van der Waals surface area contributed by atoms with Gasteiger partial charge in [-0.1, -0.05) is 23.3 Å². The fourth-order valence-corrected chi connectivity index (χ4v) is 4.26. The normalized spacial score (nSPS) is 12.6. The maximum atomic E-state index is 4.92. The fraction of sp³-hybridized carbons (Fsp3) is 0.250. The number of fused-ring (bicyclic) bond motifs is 1. The first-order chi connectivity index (χ1) is 10.3. The van der Waals surface area contributed by atoms with E-state index in [-0.39, 0.29) is 0 Å². The van der Waals surface area contributed by atoms with E-state index in [2.05, 4.69) is 81.1 Å². The lowest BCUT2D eigenvalue weighted by atomic mass is 10.0. The number of rotatable bonds is 2. The van der Waals surface area contributed by atoms with Crippen molar-refractivity contribution < 1.29 is 0 Å². The average Bonchev–Trinajstić information content (AvgIpc) is 2.44. The van der Waals surface area contributed by atoms with Gasteiger partial charge in [0.2, 0.25) is 0 Å². The number of aryl methyl sites for hydroxylation is 2. The molecule has 0 aliphatic carbocycles. The maximum Gasteiger partial charge on any atom is 0.0720 e. The van der Waals surface area contributed by atoms with Crippen LogP contribution in [0.2, 0.25) is 0 Å². The van der Waals surface area contributed by atoms with E-state index in [1.54, 1.807) is 0 Å². The summed E-state index contributed by atoms with van der Waals surface area (Å²) in [6.07, 6.45) is 7.00. The van der Waals surface area contributed by atoms with E-state index in [0.717, 1.165) is 11.2 Å². The van der Waals surface area contributed by atoms with Crippen LogP contribution in [0.4, 0.5) is 0 Å². The third-order valence-electron chi connectivity index (χ3n) is 3.87. The van der Waals surface area contributed by atoms with Gasteiger partial charge in [-0.15, -0.1) is 0 Å². The van der Waals surface area contributed by atoms with Crippen LogP contribution in [0, 0.1) is 13.8 Å². The van der Waals surface area contributed by atoms with Crippen molar-refractivity contribution in [1.29, 1.82) is 0 Å². The Balaban J connectivity index is 2.19. The van der Waals surface area contributed by atoms with Gasteiger partial charge in [-0.3, -0.25) is 0 Å². The number of hydrogen-bond donors (Lipinski definition) is 0. The third kappa shape index (κ3) is 2.89. The second-order valence-electron chi connectivity index (χ2n) is 6.73. The number of pyridine rings is 1. The van der Waals surface area contributed by atoms with Gasteiger partial charge in [0, 0.05) is 10.9 Å². The van der Waals surface area contributed by atoms with Crippen molar-refractivity contribution in [3.63, 3.8) is 0 Å². The first-order valence-electron chi connectivity index (χ1n) is 7.51. The van der Waals surface area contributed by atoms with Crippen molar-refractivity contribution in [2.45, 2.75) is 18.7 Å². The lowest BCUT2D eigenvalue weighted by Gasteiger charge is -2.27. The Kier molecular flexibility index (Phi) is 3.73. The lowest BCUT2D eigenvalue weighted by Crippen LogP contribution is -1.95. The highest BCUT2D eigenvalue weighted by molar-refractivity contribution is 8.32. The second kappa shape index (κ2) is 5.44. The molecule has 0 radical (unpaired) electrons. The van der Waals surface area contributed by atoms with Gasteiger partial charge in [-0.05, 0) is 73.9 Å². The van der Waals surface area contributed by atoms with Gasteiger partial charge >= 0.3 is 0 Å². The highest BCUT2D eigenvalue weighted by Crippen LogP contribution is 2.48. The second-order valence-corrected chi connectivity index (χ2v) is 10.8. The highest BCUT2D eigenvalue weighted by Gasteiger charge is 2.13. The van der Waals surface area contributed by atoms with Crippen molar-refractivity contribution in [3.05, 3.63) is 59.7 Å². The van der Waals surface area contributed by atoms with Crippen molar-refractivity contribution >= 4 is 20.9 Å². The first kappa shape index (κ1) is 15.1. The van der Waals surface area contributed by atoms with E-state index >= 15 is 0 Å². The van der Waals surface area contributed by atoms with E-state index in [1.165, 1.54) is 27.0 Å². The standard InChI is InChI=1S/C20H23NS/c1-14-11-15(2)13-16(12-14)18-10-9-17-19(21-18)7-6-8-20(17)22(3,4)5/h6-13H,1-5H3. The lowest BCUT2D eigenvalue weighted by molar-refractivity contribution is 1.33. The minimum Gasteiger partial charge on any atom is -0.248 e. The van der Waals surface area contributed by atoms with E-state index in [1.807, 2.05) is 0 Å². The molecule has 1 heterocycles. The monoisotopic (exact) mass is 309 g/mol. The Morgan fingerprint density at radius 2 is 1.50 bits per heavy atom. The molecule has 22 heavy (non-hydrogen) atoms. The molecule has 0 saturated carbocycles. The molecule has 0 atom stereocenters. The SMILES string of the molecule is Cc1cc(C)cc(-c2ccc3c(S(C)(C)C)cccc3n2)c1. The molecule has 2 heteroatoms. The molecule has 3 aromatic rings. The fourth-order valence-electron chi connectivity index (χ4n) is 2.94. The minimum absolute atomic E-state index is 0.760. The molecule has 0 unspecified atom stereocenters. The molecule has 3 rings (SSSR count). The molecule has 0 aliphatic heterocycles. The molecule has 0 spiro atoms. The summed E-state index contributed by atoms with van der Waals surface area (Å²) in [5, 5.41) is 1.29. The quantitative estimate of drug-likeness (QED) is 0.603. The van der Waals surface area contributed by atoms with Crippen molar-refractivity contribution in [2.24, 2.45) is 0 Å². The van der Waals surface area contributed by atoms with Gasteiger partial charge in [-0.25, -0.2) is 15.0 Å². The van der Waals surface area contributed by atoms with Gasteiger partial charge in [0.15, 0.2) is 0 Å². The summed E-state index contributed by atoms with van der Waals surface area (Å²) < 4.78 is 0. The number of aromatic nitrogens is 1. The van der Waals surface area contributed by atoms with E-state index < -0.39 is 10.0 Å². The topological polar surface area (TPSA) is 12.9 Å². The van der Waals surface area contributed by atoms with Crippen LogP contribution < -0.4 is 0 Å². The summed E-state index contributed by atoms with van der Waals surface area (Å²) in [5.41, 5.74) is 5.92. The highest BCUT2D eigenvalue weighted by atomic mass is 32.3. The Morgan fingerprint density at radius 1 is 0.818 bits per heavy atom. The van der Waals surface area contributed by atoms with Crippen molar-refractivity contribution in [1.82, 2.24) is 4.98 Å². The summed E-state index contributed by atoms with van der Waals surface area (Å²) in [7, 11) is -0.760. The van der Waals surface area contributed by atoms with Gasteiger partial charge in [-0.2, -0.15) is 0 Å². The van der Waals surface area contributed by atoms with Crippen LogP contribution >= 0.6 is 10.0 Å². The number of benzene rings is 2. The molecule has 2 aromatic carbocycles. The van der Waals surface area contributed by atoms with Crippen LogP contribution in [0.3, 0.4) is 0 Å². The predicted octanol–water partition coefficient (Wildman–Crippen LogP) is 5.57. The van der Waals surface area contributed by atoms with Crippen LogP contribution in [0.25, 0.3) is 22.2 Å². The molecule has 114 valence electrons. The Morgan fingerprint density at radius 3 is 2.14 bits per heavy atom. The van der Waals surface area contributed by atoms with E-state index in [9.17, 15) is 0 Å². The molecule has 1 nitrogen and oxygen atoms in total. The zero-order valence-electron chi connectivity index (χ0n) is 14.0. The Labute approximate surface area is 134 Å². The van der Waals surface area contributed by atoms with Crippen LogP contribution in [0.1, 0.15) is 11.1 Å². The van der Waals surface area contributed by atoms with Gasteiger partial charge in [0.05, 0.1) is 11.2 Å². The maximum absolute atomic E-state index is 4.92. The molecule has 0 amide bonds. The summed E-state index contributed by atoms with van der Waals surface area (Å²) in [6.45, 7) is 4.28. The van der Waals surface area contributed by atoms with Gasteiger partial charge < -0.3 is 0 Å². The molecular formula is C20H23NS. The van der Waals surface area contributed by atoms with Gasteiger partial charge in [0.1, 0.15) is 0 Å². The smallest absolute Gasteiger partial charge is 0.0720 e. The number of nitrogens with zero attached hydrogens (tertiary/aromatic N) is 1. The minimum atomic E-state index is -0.760. The third-order valence-corrected chi connectivity index (χ3v) is 5.54. The van der Waals surface area contributed by atoms with Gasteiger partial charge in [0.25, 0.3) is 0 Å². The molecule has 0 saturated heterocycles. The molecule has 0 bridgehead atoms. The van der Waals surface area contributed by atoms with Crippen LogP contribution in [-0.2, 0) is 0 Å². The largest absolute Gasteiger partial charge is 0.248 e. The average molecular weight is 309 g/mol. The summed E-state index contributed by atoms with van der Waals surface area (Å²) in [5.74, 6) is 0. The molecule has 0 fully saturated rings. The van der Waals surface area contributed by atoms with Crippen LogP contribution in [-0.4, -0.2) is 23.8 Å². The molecular weight excluding hydrogens is 286 g/mol. The molecule has 1 aromatic heterocycles. The zero-order chi connectivity index (χ0) is 15.9. The van der Waals surface area contributed by atoms with E-state index in [0.29, 0.717) is 0 Å². The van der Waals surface area contributed by atoms with Crippen molar-refractivity contribution in [3.8, 4) is 11.3 Å². The van der Waals surface area contributed by atoms with E-state index in [4.69, 9.17) is 4.98 Å². The Hall–Kier alpha value is -1.80. The summed E-state index contributed by atoms with van der Waals surface area (Å²) in [6, 6.07) is 17.5. The van der Waals surface area contributed by atoms with Crippen molar-refractivity contribution in [2.75, 3.05) is 18.8 Å². The number of hydrogen-bond acceptors (Lipinski definition) is 1. The zero-order valence-corrected chi connectivity index (χ0v) is 14.8. The summed E-state index contributed by atoms with van der Waals surface area (Å²) >= 11 is 0.